The highest BCUT2D eigenvalue weighted by Gasteiger charge is 2.01. The van der Waals surface area contributed by atoms with E-state index in [9.17, 15) is 4.79 Å². The average Bonchev–Trinajstić information content (AvgIpc) is 2.52. The summed E-state index contributed by atoms with van der Waals surface area (Å²) >= 11 is 0. The fourth-order valence-electron chi connectivity index (χ4n) is 1.80. The lowest BCUT2D eigenvalue weighted by Gasteiger charge is -2.08. The Morgan fingerprint density at radius 3 is 2.40 bits per heavy atom. The first kappa shape index (κ1) is 14.1. The van der Waals surface area contributed by atoms with E-state index in [-0.39, 0.29) is 12.5 Å². The van der Waals surface area contributed by atoms with E-state index < -0.39 is 0 Å². The zero-order chi connectivity index (χ0) is 14.2. The maximum atomic E-state index is 11.7. The Morgan fingerprint density at radius 2 is 1.75 bits per heavy atom. The summed E-state index contributed by atoms with van der Waals surface area (Å²) in [6.45, 7) is 2.92. The number of amides is 1. The molecule has 2 rings (SSSR count). The van der Waals surface area contributed by atoms with Crippen LogP contribution in [0.3, 0.4) is 0 Å². The molecule has 20 heavy (non-hydrogen) atoms. The summed E-state index contributed by atoms with van der Waals surface area (Å²) in [6.07, 6.45) is 4.46. The summed E-state index contributed by atoms with van der Waals surface area (Å²) < 4.78 is 0. The second-order valence-electron chi connectivity index (χ2n) is 4.54. The Morgan fingerprint density at radius 1 is 1.05 bits per heavy atom. The maximum absolute atomic E-state index is 11.7. The number of nitrogens with one attached hydrogen (secondary N) is 2. The third-order valence-corrected chi connectivity index (χ3v) is 3.05. The second-order valence-corrected chi connectivity index (χ2v) is 4.54. The van der Waals surface area contributed by atoms with Gasteiger partial charge in [-0.25, -0.2) is 0 Å². The molecule has 1 aromatic carbocycles. The molecule has 0 spiro atoms. The molecule has 0 aliphatic carbocycles. The molecule has 0 saturated heterocycles. The third kappa shape index (κ3) is 4.39. The van der Waals surface area contributed by atoms with Crippen LogP contribution in [0.15, 0.2) is 48.8 Å². The molecule has 4 nitrogen and oxygen atoms in total. The summed E-state index contributed by atoms with van der Waals surface area (Å²) in [5.41, 5.74) is 3.29. The lowest BCUT2D eigenvalue weighted by molar-refractivity contribution is -0.119. The van der Waals surface area contributed by atoms with Gasteiger partial charge in [0.1, 0.15) is 0 Å². The minimum atomic E-state index is -0.0265. The molecule has 104 valence electrons. The van der Waals surface area contributed by atoms with Gasteiger partial charge in [-0.3, -0.25) is 9.78 Å². The van der Waals surface area contributed by atoms with E-state index in [1.807, 2.05) is 24.3 Å². The molecule has 0 unspecified atom stereocenters. The summed E-state index contributed by atoms with van der Waals surface area (Å²) in [6, 6.07) is 11.9. The van der Waals surface area contributed by atoms with Crippen LogP contribution in [0.2, 0.25) is 0 Å². The van der Waals surface area contributed by atoms with Crippen molar-refractivity contribution in [3.8, 4) is 0 Å². The SMILES string of the molecule is CCc1ccc(NCC(=O)NCc2ccncc2)cc1. The van der Waals surface area contributed by atoms with Crippen molar-refractivity contribution in [2.45, 2.75) is 19.9 Å². The van der Waals surface area contributed by atoms with Crippen molar-refractivity contribution in [2.75, 3.05) is 11.9 Å². The number of anilines is 1. The van der Waals surface area contributed by atoms with Gasteiger partial charge < -0.3 is 10.6 Å². The number of benzene rings is 1. The molecule has 0 saturated carbocycles. The number of hydrogen-bond acceptors (Lipinski definition) is 3. The van der Waals surface area contributed by atoms with Crippen LogP contribution in [0.25, 0.3) is 0 Å². The Hall–Kier alpha value is -2.36. The smallest absolute Gasteiger partial charge is 0.239 e. The van der Waals surface area contributed by atoms with Gasteiger partial charge in [-0.05, 0) is 41.8 Å². The van der Waals surface area contributed by atoms with Crippen LogP contribution in [-0.2, 0) is 17.8 Å². The molecular weight excluding hydrogens is 250 g/mol. The molecule has 1 heterocycles. The number of rotatable bonds is 6. The lowest BCUT2D eigenvalue weighted by atomic mass is 10.1. The zero-order valence-electron chi connectivity index (χ0n) is 11.6. The van der Waals surface area contributed by atoms with E-state index in [1.54, 1.807) is 12.4 Å². The second kappa shape index (κ2) is 7.28. The number of carbonyl (C=O) groups is 1. The fourth-order valence-corrected chi connectivity index (χ4v) is 1.80. The molecule has 4 heteroatoms. The van der Waals surface area contributed by atoms with Crippen LogP contribution in [0.4, 0.5) is 5.69 Å². The quantitative estimate of drug-likeness (QED) is 0.846. The zero-order valence-corrected chi connectivity index (χ0v) is 11.6. The molecule has 0 bridgehead atoms. The van der Waals surface area contributed by atoms with E-state index in [4.69, 9.17) is 0 Å². The van der Waals surface area contributed by atoms with Gasteiger partial charge in [0.05, 0.1) is 6.54 Å². The van der Waals surface area contributed by atoms with E-state index in [0.29, 0.717) is 6.54 Å². The molecule has 0 aliphatic rings. The Balaban J connectivity index is 1.74. The molecule has 0 fully saturated rings. The predicted octanol–water partition coefficient (Wildman–Crippen LogP) is 2.37. The van der Waals surface area contributed by atoms with Crippen LogP contribution >= 0.6 is 0 Å². The van der Waals surface area contributed by atoms with Crippen LogP contribution < -0.4 is 10.6 Å². The number of aryl methyl sites for hydroxylation is 1. The molecular formula is C16H19N3O. The van der Waals surface area contributed by atoms with E-state index >= 15 is 0 Å². The number of aromatic nitrogens is 1. The Kier molecular flexibility index (Phi) is 5.12. The van der Waals surface area contributed by atoms with Crippen molar-refractivity contribution in [3.05, 3.63) is 59.9 Å². The topological polar surface area (TPSA) is 54.0 Å². The van der Waals surface area contributed by atoms with Gasteiger partial charge in [-0.1, -0.05) is 19.1 Å². The van der Waals surface area contributed by atoms with Crippen LogP contribution in [0.1, 0.15) is 18.1 Å². The van der Waals surface area contributed by atoms with E-state index in [0.717, 1.165) is 17.7 Å². The van der Waals surface area contributed by atoms with Gasteiger partial charge in [0.25, 0.3) is 0 Å². The molecule has 0 radical (unpaired) electrons. The van der Waals surface area contributed by atoms with E-state index in [2.05, 4.69) is 34.7 Å². The van der Waals surface area contributed by atoms with Crippen LogP contribution in [-0.4, -0.2) is 17.4 Å². The fraction of sp³-hybridized carbons (Fsp3) is 0.250. The highest BCUT2D eigenvalue weighted by Crippen LogP contribution is 2.09. The summed E-state index contributed by atoms with van der Waals surface area (Å²) in [7, 11) is 0. The van der Waals surface area contributed by atoms with Gasteiger partial charge in [-0.15, -0.1) is 0 Å². The standard InChI is InChI=1S/C16H19N3O/c1-2-13-3-5-15(6-4-13)18-12-16(20)19-11-14-7-9-17-10-8-14/h3-10,18H,2,11-12H2,1H3,(H,19,20). The number of hydrogen-bond donors (Lipinski definition) is 2. The molecule has 1 amide bonds. The van der Waals surface area contributed by atoms with Gasteiger partial charge in [0.15, 0.2) is 0 Å². The number of nitrogens with zero attached hydrogens (tertiary/aromatic N) is 1. The highest BCUT2D eigenvalue weighted by molar-refractivity contribution is 5.80. The number of pyridine rings is 1. The van der Waals surface area contributed by atoms with Gasteiger partial charge in [-0.2, -0.15) is 0 Å². The summed E-state index contributed by atoms with van der Waals surface area (Å²) in [5.74, 6) is -0.0265. The summed E-state index contributed by atoms with van der Waals surface area (Å²) in [4.78, 5) is 15.7. The Labute approximate surface area is 119 Å². The highest BCUT2D eigenvalue weighted by atomic mass is 16.1. The Bertz CT molecular complexity index is 537. The minimum Gasteiger partial charge on any atom is -0.376 e. The molecule has 2 aromatic rings. The molecule has 0 aliphatic heterocycles. The summed E-state index contributed by atoms with van der Waals surface area (Å²) in [5, 5.41) is 5.97. The van der Waals surface area contributed by atoms with Crippen LogP contribution in [0.5, 0.6) is 0 Å². The third-order valence-electron chi connectivity index (χ3n) is 3.05. The molecule has 2 N–H and O–H groups in total. The first-order valence-electron chi connectivity index (χ1n) is 6.76. The first-order valence-corrected chi connectivity index (χ1v) is 6.76. The lowest BCUT2D eigenvalue weighted by Crippen LogP contribution is -2.29. The van der Waals surface area contributed by atoms with Crippen molar-refractivity contribution in [2.24, 2.45) is 0 Å². The van der Waals surface area contributed by atoms with Crippen molar-refractivity contribution >= 4 is 11.6 Å². The van der Waals surface area contributed by atoms with Crippen molar-refractivity contribution in [1.29, 1.82) is 0 Å². The number of carbonyl (C=O) groups excluding carboxylic acids is 1. The molecule has 1 aromatic heterocycles. The largest absolute Gasteiger partial charge is 0.376 e. The van der Waals surface area contributed by atoms with Gasteiger partial charge >= 0.3 is 0 Å². The van der Waals surface area contributed by atoms with Crippen LogP contribution in [0, 0.1) is 0 Å². The minimum absolute atomic E-state index is 0.0265. The van der Waals surface area contributed by atoms with Crippen molar-refractivity contribution < 1.29 is 4.79 Å². The molecule has 0 atom stereocenters. The predicted molar refractivity (Wildman–Crippen MR) is 80.4 cm³/mol. The maximum Gasteiger partial charge on any atom is 0.239 e. The van der Waals surface area contributed by atoms with Crippen molar-refractivity contribution in [1.82, 2.24) is 10.3 Å². The monoisotopic (exact) mass is 269 g/mol. The normalized spacial score (nSPS) is 10.1. The average molecular weight is 269 g/mol. The van der Waals surface area contributed by atoms with E-state index in [1.165, 1.54) is 5.56 Å². The van der Waals surface area contributed by atoms with Crippen molar-refractivity contribution in [3.63, 3.8) is 0 Å². The van der Waals surface area contributed by atoms with Gasteiger partial charge in [0.2, 0.25) is 5.91 Å². The van der Waals surface area contributed by atoms with Gasteiger partial charge in [0, 0.05) is 24.6 Å². The first-order chi connectivity index (χ1) is 9.78.